The summed E-state index contributed by atoms with van der Waals surface area (Å²) in [7, 11) is 0. The van der Waals surface area contributed by atoms with E-state index in [0.29, 0.717) is 0 Å². The van der Waals surface area contributed by atoms with E-state index in [1.54, 1.807) is 6.92 Å². The van der Waals surface area contributed by atoms with Crippen molar-refractivity contribution in [1.29, 1.82) is 0 Å². The molecule has 0 amide bonds. The van der Waals surface area contributed by atoms with Crippen molar-refractivity contribution in [3.05, 3.63) is 68.1 Å². The summed E-state index contributed by atoms with van der Waals surface area (Å²) in [5, 5.41) is 0. The van der Waals surface area contributed by atoms with Crippen LogP contribution in [0.3, 0.4) is 0 Å². The lowest BCUT2D eigenvalue weighted by Crippen LogP contribution is -1.91. The molecule has 5 nitrogen and oxygen atoms in total. The fourth-order valence-electron chi connectivity index (χ4n) is 1.70. The first-order chi connectivity index (χ1) is 12.2. The minimum Gasteiger partial charge on any atom is -0.295 e. The van der Waals surface area contributed by atoms with Gasteiger partial charge in [0.1, 0.15) is 0 Å². The quantitative estimate of drug-likeness (QED) is 0.570. The van der Waals surface area contributed by atoms with E-state index < -0.39 is 0 Å². The molecule has 2 aromatic rings. The van der Waals surface area contributed by atoms with E-state index in [2.05, 4.69) is 57.0 Å². The van der Waals surface area contributed by atoms with Gasteiger partial charge < -0.3 is 0 Å². The smallest absolute Gasteiger partial charge is 0.295 e. The van der Waals surface area contributed by atoms with Crippen molar-refractivity contribution in [3.63, 3.8) is 0 Å². The van der Waals surface area contributed by atoms with Crippen LogP contribution in [0.4, 0.5) is 0 Å². The van der Waals surface area contributed by atoms with E-state index in [1.165, 1.54) is 10.0 Å². The van der Waals surface area contributed by atoms with Crippen LogP contribution < -0.4 is 0 Å². The predicted octanol–water partition coefficient (Wildman–Crippen LogP) is 4.80. The van der Waals surface area contributed by atoms with E-state index in [9.17, 15) is 4.79 Å². The van der Waals surface area contributed by atoms with E-state index in [0.717, 1.165) is 22.0 Å². The van der Waals surface area contributed by atoms with Gasteiger partial charge in [0.05, 0.1) is 0 Å². The van der Waals surface area contributed by atoms with Crippen molar-refractivity contribution in [1.82, 2.24) is 0 Å². The van der Waals surface area contributed by atoms with Crippen LogP contribution in [0.25, 0.3) is 0 Å². The maximum atomic E-state index is 10.9. The first-order valence-electron chi connectivity index (χ1n) is 7.26. The average molecular weight is 486 g/mol. The molecule has 0 N–H and O–H groups in total. The number of Topliss-reactive ketones (excluding diaryl/α,β-unsaturated/α-hetero) is 1. The second kappa shape index (κ2) is 16.3. The lowest BCUT2D eigenvalue weighted by molar-refractivity contribution is -0.193. The van der Waals surface area contributed by atoms with Gasteiger partial charge in [-0.15, -0.1) is 0 Å². The number of halogens is 2. The largest absolute Gasteiger partial charge is 0.373 e. The minimum absolute atomic E-state index is 0.106. The molecular weight excluding hydrogens is 468 g/mol. The molecule has 0 aliphatic heterocycles. The normalized spacial score (nSPS) is 8.04. The number of aryl methyl sites for hydroxylation is 2. The van der Waals surface area contributed by atoms with Crippen molar-refractivity contribution < 1.29 is 24.0 Å². The molecular formula is C19H18Br2O5. The second-order valence-electron chi connectivity index (χ2n) is 4.72. The van der Waals surface area contributed by atoms with Gasteiger partial charge >= 0.3 is 12.3 Å². The Balaban J connectivity index is 0. The number of ketones is 1. The van der Waals surface area contributed by atoms with Crippen molar-refractivity contribution in [2.75, 3.05) is 0 Å². The monoisotopic (exact) mass is 484 g/mol. The number of carbonyl (C=O) groups is 1. The molecule has 0 saturated heterocycles. The summed E-state index contributed by atoms with van der Waals surface area (Å²) in [6.45, 7) is 5.69. The van der Waals surface area contributed by atoms with Crippen molar-refractivity contribution in [2.45, 2.75) is 27.2 Å². The van der Waals surface area contributed by atoms with Crippen molar-refractivity contribution in [3.8, 4) is 0 Å². The molecule has 138 valence electrons. The molecule has 0 heterocycles. The molecule has 0 radical (unpaired) electrons. The lowest BCUT2D eigenvalue weighted by Gasteiger charge is -1.98. The lowest BCUT2D eigenvalue weighted by atomic mass is 10.1. The Morgan fingerprint density at radius 1 is 0.923 bits per heavy atom. The third kappa shape index (κ3) is 14.2. The van der Waals surface area contributed by atoms with Gasteiger partial charge in [0.25, 0.3) is 0 Å². The van der Waals surface area contributed by atoms with Crippen LogP contribution in [0.2, 0.25) is 0 Å². The Hall–Kier alpha value is -2.17. The van der Waals surface area contributed by atoms with E-state index >= 15 is 0 Å². The zero-order chi connectivity index (χ0) is 20.5. The molecule has 0 saturated carbocycles. The number of hydrogen-bond donors (Lipinski definition) is 0. The summed E-state index contributed by atoms with van der Waals surface area (Å²) in [5.41, 5.74) is 3.24. The molecule has 0 spiro atoms. The minimum atomic E-state index is 0.106. The van der Waals surface area contributed by atoms with Gasteiger partial charge in [-0.05, 0) is 61.7 Å². The van der Waals surface area contributed by atoms with Crippen LogP contribution in [-0.2, 0) is 25.6 Å². The van der Waals surface area contributed by atoms with Gasteiger partial charge in [-0.2, -0.15) is 19.2 Å². The van der Waals surface area contributed by atoms with Crippen LogP contribution in [0, 0.1) is 6.92 Å². The summed E-state index contributed by atoms with van der Waals surface area (Å²) in [5.74, 6) is 0.106. The van der Waals surface area contributed by atoms with E-state index in [-0.39, 0.29) is 18.1 Å². The molecule has 7 heteroatoms. The maximum absolute atomic E-state index is 10.9. The van der Waals surface area contributed by atoms with E-state index in [4.69, 9.17) is 19.2 Å². The summed E-state index contributed by atoms with van der Waals surface area (Å²) in [4.78, 5) is 43.4. The molecule has 2 rings (SSSR count). The molecule has 0 fully saturated rings. The van der Waals surface area contributed by atoms with Crippen LogP contribution in [0.1, 0.15) is 35.3 Å². The third-order valence-corrected chi connectivity index (χ3v) is 3.70. The highest BCUT2D eigenvalue weighted by Crippen LogP contribution is 2.15. The van der Waals surface area contributed by atoms with Gasteiger partial charge in [-0.25, -0.2) is 0 Å². The molecule has 0 aromatic heterocycles. The van der Waals surface area contributed by atoms with Crippen LogP contribution in [0.5, 0.6) is 0 Å². The highest BCUT2D eigenvalue weighted by Gasteiger charge is 2.00. The van der Waals surface area contributed by atoms with Gasteiger partial charge in [0.15, 0.2) is 5.78 Å². The first-order valence-corrected chi connectivity index (χ1v) is 8.85. The summed E-state index contributed by atoms with van der Waals surface area (Å²) in [6.07, 6.45) is 1.61. The molecule has 26 heavy (non-hydrogen) atoms. The Morgan fingerprint density at radius 3 is 1.81 bits per heavy atom. The fraction of sp³-hybridized carbons (Fsp3) is 0.211. The second-order valence-corrected chi connectivity index (χ2v) is 6.55. The van der Waals surface area contributed by atoms with E-state index in [1.807, 2.05) is 31.2 Å². The zero-order valence-corrected chi connectivity index (χ0v) is 17.7. The summed E-state index contributed by atoms with van der Waals surface area (Å²) >= 11 is 6.73. The highest BCUT2D eigenvalue weighted by molar-refractivity contribution is 9.10. The van der Waals surface area contributed by atoms with Gasteiger partial charge in [0, 0.05) is 14.5 Å². The van der Waals surface area contributed by atoms with Gasteiger partial charge in [-0.1, -0.05) is 50.9 Å². The number of rotatable bonds is 2. The molecule has 0 atom stereocenters. The Labute approximate surface area is 169 Å². The van der Waals surface area contributed by atoms with Crippen LogP contribution in [0.15, 0.2) is 51.4 Å². The molecule has 0 aliphatic rings. The molecule has 0 aliphatic carbocycles. The Bertz CT molecular complexity index is 728. The third-order valence-electron chi connectivity index (χ3n) is 2.75. The summed E-state index contributed by atoms with van der Waals surface area (Å²) in [6, 6.07) is 14.1. The molecule has 0 bridgehead atoms. The highest BCUT2D eigenvalue weighted by atomic mass is 79.9. The Kier molecular flexibility index (Phi) is 16.3. The number of benzene rings is 2. The zero-order valence-electron chi connectivity index (χ0n) is 14.5. The van der Waals surface area contributed by atoms with Gasteiger partial charge in [0.2, 0.25) is 0 Å². The fourth-order valence-corrected chi connectivity index (χ4v) is 2.75. The summed E-state index contributed by atoms with van der Waals surface area (Å²) < 4.78 is 2.13. The topological polar surface area (TPSA) is 85.3 Å². The van der Waals surface area contributed by atoms with Crippen molar-refractivity contribution in [2.24, 2.45) is 0 Å². The first kappa shape index (κ1) is 26.1. The van der Waals surface area contributed by atoms with Crippen LogP contribution >= 0.6 is 31.9 Å². The predicted molar refractivity (Wildman–Crippen MR) is 102 cm³/mol. The average Bonchev–Trinajstić information content (AvgIpc) is 2.56. The van der Waals surface area contributed by atoms with Gasteiger partial charge in [-0.3, -0.25) is 4.79 Å². The van der Waals surface area contributed by atoms with Crippen LogP contribution in [-0.4, -0.2) is 18.1 Å². The molecule has 2 aromatic carbocycles. The SMILES string of the molecule is CC(=O)c1cc(C)cc(Br)c1.CCc1cccc(Br)c1.O=C=O.O=C=O. The van der Waals surface area contributed by atoms with Crippen molar-refractivity contribution >= 4 is 49.9 Å². The maximum Gasteiger partial charge on any atom is 0.373 e. The Morgan fingerprint density at radius 2 is 1.46 bits per heavy atom. The standard InChI is InChI=1S/C9H9BrO.C8H9Br.2CO2/c1-6-3-8(7(2)11)5-9(10)4-6;1-2-7-4-3-5-8(9)6-7;2*2-1-3/h3-5H,1-2H3;3-6H,2H2,1H3;;. The number of carbonyl (C=O) groups excluding carboxylic acids is 5. The number of hydrogen-bond acceptors (Lipinski definition) is 5. The molecule has 0 unspecified atom stereocenters.